The zero-order chi connectivity index (χ0) is 10.6. The topological polar surface area (TPSA) is 40.9 Å². The lowest BCUT2D eigenvalue weighted by molar-refractivity contribution is 0.104. The van der Waals surface area contributed by atoms with Gasteiger partial charge in [0, 0.05) is 15.4 Å². The first-order valence-corrected chi connectivity index (χ1v) is 6.57. The number of ketones is 1. The van der Waals surface area contributed by atoms with Crippen molar-refractivity contribution >= 4 is 44.4 Å². The summed E-state index contributed by atoms with van der Waals surface area (Å²) in [5.41, 5.74) is 1.44. The molecule has 0 amide bonds. The number of nitrogens with zero attached hydrogens (tertiary/aromatic N) is 1. The maximum absolute atomic E-state index is 12.0. The Bertz CT molecular complexity index is 632. The summed E-state index contributed by atoms with van der Waals surface area (Å²) in [6, 6.07) is 3.76. The Morgan fingerprint density at radius 1 is 1.40 bits per heavy atom. The van der Waals surface area contributed by atoms with Gasteiger partial charge in [-0.1, -0.05) is 0 Å². The van der Waals surface area contributed by atoms with E-state index in [4.69, 9.17) is 5.26 Å². The van der Waals surface area contributed by atoms with Gasteiger partial charge in [-0.15, -0.1) is 22.7 Å². The molecule has 0 bridgehead atoms. The van der Waals surface area contributed by atoms with Crippen LogP contribution < -0.4 is 0 Å². The molecule has 0 radical (unpaired) electrons. The predicted molar refractivity (Wildman–Crippen MR) is 63.5 cm³/mol. The fourth-order valence-electron chi connectivity index (χ4n) is 1.63. The van der Waals surface area contributed by atoms with Crippen molar-refractivity contribution in [2.45, 2.75) is 0 Å². The monoisotopic (exact) mass is 295 g/mol. The van der Waals surface area contributed by atoms with Gasteiger partial charge in [0.05, 0.1) is 15.3 Å². The zero-order valence-corrected chi connectivity index (χ0v) is 10.4. The van der Waals surface area contributed by atoms with Crippen molar-refractivity contribution in [3.63, 3.8) is 0 Å². The molecule has 1 aliphatic rings. The van der Waals surface area contributed by atoms with Crippen LogP contribution in [0, 0.1) is 11.3 Å². The van der Waals surface area contributed by atoms with E-state index >= 15 is 0 Å². The van der Waals surface area contributed by atoms with Crippen LogP contribution in [0.4, 0.5) is 0 Å². The summed E-state index contributed by atoms with van der Waals surface area (Å²) in [6.45, 7) is 0. The zero-order valence-electron chi connectivity index (χ0n) is 7.20. The molecule has 0 unspecified atom stereocenters. The second kappa shape index (κ2) is 3.01. The number of fused-ring (bicyclic) bond motifs is 3. The van der Waals surface area contributed by atoms with Crippen LogP contribution in [0.1, 0.15) is 20.8 Å². The van der Waals surface area contributed by atoms with E-state index < -0.39 is 0 Å². The van der Waals surface area contributed by atoms with Crippen molar-refractivity contribution in [3.05, 3.63) is 31.9 Å². The summed E-state index contributed by atoms with van der Waals surface area (Å²) in [6.07, 6.45) is 0. The summed E-state index contributed by atoms with van der Waals surface area (Å²) in [5.74, 6) is 0.0332. The molecular weight excluding hydrogens is 294 g/mol. The van der Waals surface area contributed by atoms with E-state index in [1.807, 2.05) is 5.38 Å². The number of nitriles is 1. The maximum atomic E-state index is 12.0. The molecule has 0 aliphatic heterocycles. The molecule has 0 spiro atoms. The van der Waals surface area contributed by atoms with Crippen molar-refractivity contribution in [1.82, 2.24) is 0 Å². The highest BCUT2D eigenvalue weighted by molar-refractivity contribution is 9.10. The van der Waals surface area contributed by atoms with Gasteiger partial charge in [-0.05, 0) is 22.0 Å². The SMILES string of the molecule is N#Cc1cc2c(s1)-c1scc(Br)c1C2=O. The molecule has 2 nitrogen and oxygen atoms in total. The molecule has 0 atom stereocenters. The van der Waals surface area contributed by atoms with Gasteiger partial charge < -0.3 is 0 Å². The Morgan fingerprint density at radius 2 is 2.20 bits per heavy atom. The van der Waals surface area contributed by atoms with Crippen LogP contribution in [0.2, 0.25) is 0 Å². The summed E-state index contributed by atoms with van der Waals surface area (Å²) < 4.78 is 0.856. The first-order valence-electron chi connectivity index (χ1n) is 4.08. The number of hydrogen-bond donors (Lipinski definition) is 0. The molecule has 1 aliphatic carbocycles. The minimum atomic E-state index is 0.0332. The van der Waals surface area contributed by atoms with Gasteiger partial charge in [0.25, 0.3) is 0 Å². The van der Waals surface area contributed by atoms with Crippen LogP contribution in [0.3, 0.4) is 0 Å². The van der Waals surface area contributed by atoms with E-state index in [0.717, 1.165) is 19.8 Å². The molecule has 0 saturated heterocycles. The summed E-state index contributed by atoms with van der Waals surface area (Å²) >= 11 is 6.30. The average Bonchev–Trinajstić information content (AvgIpc) is 2.84. The van der Waals surface area contributed by atoms with Crippen molar-refractivity contribution in [2.24, 2.45) is 0 Å². The quantitative estimate of drug-likeness (QED) is 0.635. The van der Waals surface area contributed by atoms with Crippen LogP contribution in [0.15, 0.2) is 15.9 Å². The van der Waals surface area contributed by atoms with Gasteiger partial charge in [0.2, 0.25) is 0 Å². The van der Waals surface area contributed by atoms with E-state index in [2.05, 4.69) is 22.0 Å². The van der Waals surface area contributed by atoms with Crippen LogP contribution >= 0.6 is 38.6 Å². The fourth-order valence-corrected chi connectivity index (χ4v) is 4.47. The third-order valence-electron chi connectivity index (χ3n) is 2.27. The highest BCUT2D eigenvalue weighted by atomic mass is 79.9. The average molecular weight is 296 g/mol. The lowest BCUT2D eigenvalue weighted by Gasteiger charge is -1.89. The van der Waals surface area contributed by atoms with Gasteiger partial charge in [-0.25, -0.2) is 0 Å². The minimum absolute atomic E-state index is 0.0332. The Morgan fingerprint density at radius 3 is 2.93 bits per heavy atom. The highest BCUT2D eigenvalue weighted by Crippen LogP contribution is 2.48. The predicted octanol–water partition coefficient (Wildman–Crippen LogP) is 3.66. The Kier molecular flexibility index (Phi) is 1.87. The molecule has 0 saturated carbocycles. The molecule has 2 aromatic rings. The fraction of sp³-hybridized carbons (Fsp3) is 0. The van der Waals surface area contributed by atoms with Gasteiger partial charge in [-0.3, -0.25) is 4.79 Å². The molecule has 0 N–H and O–H groups in total. The van der Waals surface area contributed by atoms with E-state index in [0.29, 0.717) is 10.4 Å². The van der Waals surface area contributed by atoms with Gasteiger partial charge >= 0.3 is 0 Å². The third kappa shape index (κ3) is 1.10. The second-order valence-corrected chi connectivity index (χ2v) is 5.87. The normalized spacial score (nSPS) is 12.4. The Hall–Kier alpha value is -0.960. The van der Waals surface area contributed by atoms with Crippen molar-refractivity contribution in [2.75, 3.05) is 0 Å². The molecular formula is C10H2BrNOS2. The molecule has 72 valence electrons. The molecule has 0 fully saturated rings. The number of carbonyl (C=O) groups excluding carboxylic acids is 1. The smallest absolute Gasteiger partial charge is 0.197 e. The highest BCUT2D eigenvalue weighted by Gasteiger charge is 2.32. The Labute approximate surface area is 102 Å². The van der Waals surface area contributed by atoms with Crippen molar-refractivity contribution in [1.29, 1.82) is 5.26 Å². The summed E-state index contributed by atoms with van der Waals surface area (Å²) in [4.78, 5) is 14.5. The maximum Gasteiger partial charge on any atom is 0.197 e. The number of thiophene rings is 2. The van der Waals surface area contributed by atoms with Gasteiger partial charge in [-0.2, -0.15) is 5.26 Å². The van der Waals surface area contributed by atoms with E-state index in [-0.39, 0.29) is 5.78 Å². The Balaban J connectivity index is 2.36. The van der Waals surface area contributed by atoms with E-state index in [9.17, 15) is 4.79 Å². The van der Waals surface area contributed by atoms with Crippen LogP contribution in [0.5, 0.6) is 0 Å². The first kappa shape index (κ1) is 9.28. The molecule has 0 aromatic carbocycles. The standard InChI is InChI=1S/C10H2BrNOS2/c11-6-3-14-10-7(6)8(13)5-1-4(2-12)15-9(5)10/h1,3H. The third-order valence-corrected chi connectivity index (χ3v) is 5.38. The second-order valence-electron chi connectivity index (χ2n) is 3.08. The minimum Gasteiger partial charge on any atom is -0.288 e. The van der Waals surface area contributed by atoms with Gasteiger partial charge in [0.1, 0.15) is 10.9 Å². The number of hydrogen-bond acceptors (Lipinski definition) is 4. The number of carbonyl (C=O) groups is 1. The lowest BCUT2D eigenvalue weighted by atomic mass is 10.2. The summed E-state index contributed by atoms with van der Waals surface area (Å²) in [7, 11) is 0. The van der Waals surface area contributed by atoms with Gasteiger partial charge in [0.15, 0.2) is 5.78 Å². The number of halogens is 1. The summed E-state index contributed by atoms with van der Waals surface area (Å²) in [5, 5.41) is 10.7. The van der Waals surface area contributed by atoms with Crippen LogP contribution in [-0.4, -0.2) is 5.78 Å². The molecule has 5 heteroatoms. The molecule has 3 rings (SSSR count). The lowest BCUT2D eigenvalue weighted by Crippen LogP contribution is -1.93. The molecule has 2 heterocycles. The van der Waals surface area contributed by atoms with Crippen molar-refractivity contribution in [3.8, 4) is 15.8 Å². The first-order chi connectivity index (χ1) is 7.22. The van der Waals surface area contributed by atoms with E-state index in [1.54, 1.807) is 17.4 Å². The largest absolute Gasteiger partial charge is 0.288 e. The van der Waals surface area contributed by atoms with E-state index in [1.165, 1.54) is 11.3 Å². The molecule has 2 aromatic heterocycles. The number of rotatable bonds is 0. The molecule has 15 heavy (non-hydrogen) atoms. The van der Waals surface area contributed by atoms with Crippen molar-refractivity contribution < 1.29 is 4.79 Å². The van der Waals surface area contributed by atoms with Crippen LogP contribution in [0.25, 0.3) is 9.75 Å². The van der Waals surface area contributed by atoms with Crippen LogP contribution in [-0.2, 0) is 0 Å².